The van der Waals surface area contributed by atoms with Crippen LogP contribution in [-0.2, 0) is 0 Å². The second-order valence-electron chi connectivity index (χ2n) is 8.01. The Morgan fingerprint density at radius 1 is 1.38 bits per heavy atom. The highest BCUT2D eigenvalue weighted by Gasteiger charge is 2.59. The number of thiazole rings is 1. The minimum absolute atomic E-state index is 0.0717. The molecule has 1 aromatic heterocycles. The molecule has 2 atom stereocenters. The Hall–Kier alpha value is -2.28. The van der Waals surface area contributed by atoms with E-state index in [-0.39, 0.29) is 11.1 Å². The lowest BCUT2D eigenvalue weighted by Gasteiger charge is -2.34. The summed E-state index contributed by atoms with van der Waals surface area (Å²) < 4.78 is 0. The molecule has 2 saturated carbocycles. The molecule has 1 N–H and O–H groups in total. The predicted molar refractivity (Wildman–Crippen MR) is 104 cm³/mol. The van der Waals surface area contributed by atoms with Crippen LogP contribution in [0.25, 0.3) is 11.3 Å². The van der Waals surface area contributed by atoms with E-state index >= 15 is 0 Å². The predicted octanol–water partition coefficient (Wildman–Crippen LogP) is 5.33. The summed E-state index contributed by atoms with van der Waals surface area (Å²) >= 11 is 1.46. The number of benzene rings is 1. The maximum Gasteiger partial charge on any atom is 0.270 e. The number of aromatic nitrogens is 1. The number of hydrazone groups is 1. The van der Waals surface area contributed by atoms with Gasteiger partial charge in [0.25, 0.3) is 5.69 Å². The Kier molecular flexibility index (Phi) is 3.87. The van der Waals surface area contributed by atoms with Crippen LogP contribution in [0.2, 0.25) is 0 Å². The Bertz CT molecular complexity index is 904. The van der Waals surface area contributed by atoms with Gasteiger partial charge in [0, 0.05) is 34.2 Å². The van der Waals surface area contributed by atoms with Crippen LogP contribution in [-0.4, -0.2) is 15.6 Å². The topological polar surface area (TPSA) is 80.4 Å². The van der Waals surface area contributed by atoms with Crippen molar-refractivity contribution in [2.24, 2.45) is 21.8 Å². The molecule has 2 aliphatic rings. The summed E-state index contributed by atoms with van der Waals surface area (Å²) in [7, 11) is 0. The van der Waals surface area contributed by atoms with Gasteiger partial charge in [-0.2, -0.15) is 5.10 Å². The SMILES string of the molecule is CC1(C)[C@@H]2CC[C@]1(C)/C(=N/Nc1nc(-c3cccc([N+](=O)[O-])c3)cs1)C2. The van der Waals surface area contributed by atoms with Crippen LogP contribution >= 0.6 is 11.3 Å². The number of nitro benzene ring substituents is 1. The molecular weight excluding hydrogens is 348 g/mol. The van der Waals surface area contributed by atoms with Crippen molar-refractivity contribution < 1.29 is 4.92 Å². The number of non-ortho nitro benzene ring substituents is 1. The van der Waals surface area contributed by atoms with Gasteiger partial charge in [-0.25, -0.2) is 4.98 Å². The molecule has 0 saturated heterocycles. The van der Waals surface area contributed by atoms with Crippen LogP contribution in [0.1, 0.15) is 40.0 Å². The highest BCUT2D eigenvalue weighted by atomic mass is 32.1. The van der Waals surface area contributed by atoms with E-state index in [0.29, 0.717) is 16.5 Å². The van der Waals surface area contributed by atoms with Crippen LogP contribution in [0.5, 0.6) is 0 Å². The van der Waals surface area contributed by atoms with Crippen molar-refractivity contribution in [2.45, 2.75) is 40.0 Å². The number of hydrogen-bond acceptors (Lipinski definition) is 6. The number of fused-ring (bicyclic) bond motifs is 2. The van der Waals surface area contributed by atoms with Crippen molar-refractivity contribution in [3.05, 3.63) is 39.8 Å². The number of hydrogen-bond donors (Lipinski definition) is 1. The summed E-state index contributed by atoms with van der Waals surface area (Å²) in [5.74, 6) is 0.713. The Labute approximate surface area is 156 Å². The van der Waals surface area contributed by atoms with Crippen molar-refractivity contribution in [1.29, 1.82) is 0 Å². The van der Waals surface area contributed by atoms with Crippen molar-refractivity contribution in [3.63, 3.8) is 0 Å². The first-order valence-electron chi connectivity index (χ1n) is 8.85. The van der Waals surface area contributed by atoms with E-state index in [1.165, 1.54) is 36.0 Å². The lowest BCUT2D eigenvalue weighted by molar-refractivity contribution is -0.384. The minimum atomic E-state index is -0.390. The summed E-state index contributed by atoms with van der Waals surface area (Å²) in [6.45, 7) is 7.05. The van der Waals surface area contributed by atoms with Crippen molar-refractivity contribution in [1.82, 2.24) is 4.98 Å². The van der Waals surface area contributed by atoms with E-state index in [0.717, 1.165) is 17.7 Å². The molecule has 0 radical (unpaired) electrons. The number of nitrogens with zero attached hydrogens (tertiary/aromatic N) is 3. The maximum absolute atomic E-state index is 10.9. The lowest BCUT2D eigenvalue weighted by atomic mass is 9.70. The molecule has 1 aromatic carbocycles. The van der Waals surface area contributed by atoms with Gasteiger partial charge in [-0.1, -0.05) is 32.9 Å². The van der Waals surface area contributed by atoms with Gasteiger partial charge in [0.15, 0.2) is 0 Å². The van der Waals surface area contributed by atoms with E-state index in [9.17, 15) is 10.1 Å². The van der Waals surface area contributed by atoms with Gasteiger partial charge >= 0.3 is 0 Å². The fourth-order valence-corrected chi connectivity index (χ4v) is 5.11. The van der Waals surface area contributed by atoms with Gasteiger partial charge in [0.1, 0.15) is 0 Å². The molecule has 2 aromatic rings. The van der Waals surface area contributed by atoms with Gasteiger partial charge in [-0.05, 0) is 30.6 Å². The lowest BCUT2D eigenvalue weighted by Crippen LogP contribution is -2.32. The largest absolute Gasteiger partial charge is 0.270 e. The second-order valence-corrected chi connectivity index (χ2v) is 8.87. The zero-order chi connectivity index (χ0) is 18.5. The van der Waals surface area contributed by atoms with Crippen LogP contribution in [0.15, 0.2) is 34.7 Å². The fourth-order valence-electron chi connectivity index (χ4n) is 4.45. The smallest absolute Gasteiger partial charge is 0.258 e. The first-order valence-corrected chi connectivity index (χ1v) is 9.72. The van der Waals surface area contributed by atoms with Crippen LogP contribution < -0.4 is 5.43 Å². The van der Waals surface area contributed by atoms with Gasteiger partial charge < -0.3 is 0 Å². The standard InChI is InChI=1S/C19H22N4O2S/c1-18(2)13-7-8-19(18,3)16(10-13)21-22-17-20-15(11-26-17)12-5-4-6-14(9-12)23(24)25/h4-6,9,11,13H,7-8,10H2,1-3H3,(H,20,22)/b21-16+/t13-,19-/m1/s1. The number of anilines is 1. The summed E-state index contributed by atoms with van der Waals surface area (Å²) in [5.41, 5.74) is 6.35. The van der Waals surface area contributed by atoms with Crippen molar-refractivity contribution in [2.75, 3.05) is 5.43 Å². The molecule has 2 aliphatic carbocycles. The molecule has 0 amide bonds. The highest BCUT2D eigenvalue weighted by Crippen LogP contribution is 2.63. The molecule has 0 unspecified atom stereocenters. The van der Waals surface area contributed by atoms with Gasteiger partial charge in [-0.15, -0.1) is 11.3 Å². The number of rotatable bonds is 4. The summed E-state index contributed by atoms with van der Waals surface area (Å²) in [6.07, 6.45) is 3.54. The molecule has 2 bridgehead atoms. The summed E-state index contributed by atoms with van der Waals surface area (Å²) in [6, 6.07) is 6.54. The first-order chi connectivity index (χ1) is 12.3. The zero-order valence-electron chi connectivity index (χ0n) is 15.2. The Morgan fingerprint density at radius 3 is 2.85 bits per heavy atom. The molecule has 0 aliphatic heterocycles. The van der Waals surface area contributed by atoms with Crippen LogP contribution in [0, 0.1) is 26.9 Å². The quantitative estimate of drug-likeness (QED) is 0.582. The third-order valence-corrected chi connectivity index (χ3v) is 7.40. The van der Waals surface area contributed by atoms with E-state index in [4.69, 9.17) is 5.10 Å². The first kappa shape index (κ1) is 17.1. The molecule has 6 nitrogen and oxygen atoms in total. The number of nitrogens with one attached hydrogen (secondary N) is 1. The summed E-state index contributed by atoms with van der Waals surface area (Å²) in [5, 5.41) is 18.3. The molecule has 4 rings (SSSR count). The highest BCUT2D eigenvalue weighted by molar-refractivity contribution is 7.14. The maximum atomic E-state index is 10.9. The average molecular weight is 370 g/mol. The number of nitro groups is 1. The Morgan fingerprint density at radius 2 is 2.19 bits per heavy atom. The molecule has 1 heterocycles. The molecular formula is C19H22N4O2S. The van der Waals surface area contributed by atoms with E-state index < -0.39 is 4.92 Å². The van der Waals surface area contributed by atoms with Gasteiger partial charge in [-0.3, -0.25) is 15.5 Å². The monoisotopic (exact) mass is 370 g/mol. The third-order valence-electron chi connectivity index (χ3n) is 6.66. The molecule has 136 valence electrons. The van der Waals surface area contributed by atoms with Crippen molar-refractivity contribution >= 4 is 27.9 Å². The minimum Gasteiger partial charge on any atom is -0.258 e. The van der Waals surface area contributed by atoms with Gasteiger partial charge in [0.05, 0.1) is 10.6 Å². The van der Waals surface area contributed by atoms with Crippen molar-refractivity contribution in [3.8, 4) is 11.3 Å². The Balaban J connectivity index is 1.53. The zero-order valence-corrected chi connectivity index (χ0v) is 16.0. The fraction of sp³-hybridized carbons (Fsp3) is 0.474. The van der Waals surface area contributed by atoms with E-state index in [1.807, 2.05) is 11.4 Å². The normalized spacial score (nSPS) is 27.8. The van der Waals surface area contributed by atoms with E-state index in [2.05, 4.69) is 31.2 Å². The molecule has 0 spiro atoms. The average Bonchev–Trinajstić information content (AvgIpc) is 3.22. The van der Waals surface area contributed by atoms with Gasteiger partial charge in [0.2, 0.25) is 5.13 Å². The molecule has 2 fully saturated rings. The molecule has 7 heteroatoms. The third kappa shape index (κ3) is 2.53. The van der Waals surface area contributed by atoms with E-state index in [1.54, 1.807) is 12.1 Å². The second kappa shape index (κ2) is 5.87. The van der Waals surface area contributed by atoms with Crippen LogP contribution in [0.3, 0.4) is 0 Å². The van der Waals surface area contributed by atoms with Crippen LogP contribution in [0.4, 0.5) is 10.8 Å². The summed E-state index contributed by atoms with van der Waals surface area (Å²) in [4.78, 5) is 15.1. The molecule has 26 heavy (non-hydrogen) atoms.